The lowest BCUT2D eigenvalue weighted by molar-refractivity contribution is 0.102. The number of carbonyl (C=O) groups excluding carboxylic acids is 1. The van der Waals surface area contributed by atoms with E-state index in [0.717, 1.165) is 50.6 Å². The minimum absolute atomic E-state index is 0.269. The van der Waals surface area contributed by atoms with Crippen LogP contribution in [0.4, 0.5) is 11.5 Å². The molecule has 0 saturated carbocycles. The van der Waals surface area contributed by atoms with Gasteiger partial charge in [-0.2, -0.15) is 5.26 Å². The van der Waals surface area contributed by atoms with Gasteiger partial charge in [0.05, 0.1) is 11.6 Å². The van der Waals surface area contributed by atoms with Crippen LogP contribution in [-0.2, 0) is 6.54 Å². The van der Waals surface area contributed by atoms with E-state index in [-0.39, 0.29) is 5.91 Å². The third-order valence-electron chi connectivity index (χ3n) is 5.32. The van der Waals surface area contributed by atoms with Crippen LogP contribution >= 0.6 is 0 Å². The molecule has 0 bridgehead atoms. The molecule has 7 heteroatoms. The molecule has 0 spiro atoms. The fourth-order valence-corrected chi connectivity index (χ4v) is 3.63. The van der Waals surface area contributed by atoms with Crippen molar-refractivity contribution in [2.75, 3.05) is 36.4 Å². The first-order valence-corrected chi connectivity index (χ1v) is 10.4. The smallest absolute Gasteiger partial charge is 0.276 e. The number of carbonyl (C=O) groups is 1. The first-order valence-electron chi connectivity index (χ1n) is 10.4. The van der Waals surface area contributed by atoms with Crippen molar-refractivity contribution in [2.24, 2.45) is 0 Å². The van der Waals surface area contributed by atoms with Gasteiger partial charge in [0.25, 0.3) is 5.91 Å². The second kappa shape index (κ2) is 9.83. The Kier molecular flexibility index (Phi) is 6.50. The molecule has 0 atom stereocenters. The fraction of sp³-hybridized carbons (Fsp3) is 0.250. The second-order valence-corrected chi connectivity index (χ2v) is 7.52. The molecule has 2 aromatic carbocycles. The largest absolute Gasteiger partial charge is 0.354 e. The summed E-state index contributed by atoms with van der Waals surface area (Å²) >= 11 is 0. The Balaban J connectivity index is 1.33. The van der Waals surface area contributed by atoms with E-state index in [1.54, 1.807) is 6.07 Å². The maximum atomic E-state index is 12.4. The van der Waals surface area contributed by atoms with Gasteiger partial charge in [0.1, 0.15) is 0 Å². The summed E-state index contributed by atoms with van der Waals surface area (Å²) < 4.78 is 0. The van der Waals surface area contributed by atoms with Crippen LogP contribution in [0, 0.1) is 11.3 Å². The number of nitriles is 1. The molecule has 31 heavy (non-hydrogen) atoms. The maximum absolute atomic E-state index is 12.4. The lowest BCUT2D eigenvalue weighted by Crippen LogP contribution is -2.31. The number of rotatable bonds is 5. The third kappa shape index (κ3) is 5.44. The lowest BCUT2D eigenvalue weighted by atomic mass is 10.1. The van der Waals surface area contributed by atoms with Crippen LogP contribution in [0.3, 0.4) is 0 Å². The molecule has 1 N–H and O–H groups in total. The molecule has 1 aromatic heterocycles. The van der Waals surface area contributed by atoms with Gasteiger partial charge in [-0.3, -0.25) is 9.69 Å². The van der Waals surface area contributed by atoms with Crippen molar-refractivity contribution < 1.29 is 4.79 Å². The van der Waals surface area contributed by atoms with Crippen molar-refractivity contribution in [3.05, 3.63) is 83.6 Å². The predicted octanol–water partition coefficient (Wildman–Crippen LogP) is 3.31. The monoisotopic (exact) mass is 412 g/mol. The molecular weight excluding hydrogens is 388 g/mol. The van der Waals surface area contributed by atoms with Crippen LogP contribution in [0.5, 0.6) is 0 Å². The van der Waals surface area contributed by atoms with Gasteiger partial charge in [-0.1, -0.05) is 30.3 Å². The van der Waals surface area contributed by atoms with Crippen molar-refractivity contribution in [3.63, 3.8) is 0 Å². The fourth-order valence-electron chi connectivity index (χ4n) is 3.63. The molecule has 4 rings (SSSR count). The van der Waals surface area contributed by atoms with Gasteiger partial charge < -0.3 is 10.2 Å². The third-order valence-corrected chi connectivity index (χ3v) is 5.32. The minimum atomic E-state index is -0.269. The Morgan fingerprint density at radius 1 is 0.935 bits per heavy atom. The van der Waals surface area contributed by atoms with E-state index < -0.39 is 0 Å². The molecule has 0 aliphatic carbocycles. The number of anilines is 2. The number of hydrogen-bond acceptors (Lipinski definition) is 6. The van der Waals surface area contributed by atoms with Gasteiger partial charge in [0, 0.05) is 38.4 Å². The van der Waals surface area contributed by atoms with Crippen molar-refractivity contribution in [3.8, 4) is 6.07 Å². The summed E-state index contributed by atoms with van der Waals surface area (Å²) in [6.07, 6.45) is 1.02. The van der Waals surface area contributed by atoms with Gasteiger partial charge in [-0.25, -0.2) is 0 Å². The van der Waals surface area contributed by atoms with Gasteiger partial charge in [-0.05, 0) is 48.4 Å². The van der Waals surface area contributed by atoms with E-state index in [1.165, 1.54) is 5.56 Å². The van der Waals surface area contributed by atoms with E-state index in [2.05, 4.69) is 31.4 Å². The van der Waals surface area contributed by atoms with E-state index >= 15 is 0 Å². The normalized spacial score (nSPS) is 14.5. The van der Waals surface area contributed by atoms with Crippen LogP contribution in [-0.4, -0.2) is 47.2 Å². The summed E-state index contributed by atoms with van der Waals surface area (Å²) in [5.41, 5.74) is 2.92. The van der Waals surface area contributed by atoms with Crippen LogP contribution in [0.25, 0.3) is 0 Å². The minimum Gasteiger partial charge on any atom is -0.354 e. The summed E-state index contributed by atoms with van der Waals surface area (Å²) in [5.74, 6) is 0.520. The van der Waals surface area contributed by atoms with Crippen LogP contribution < -0.4 is 10.2 Å². The Morgan fingerprint density at radius 3 is 2.45 bits per heavy atom. The maximum Gasteiger partial charge on any atom is 0.276 e. The summed E-state index contributed by atoms with van der Waals surface area (Å²) in [4.78, 5) is 17.0. The zero-order valence-electron chi connectivity index (χ0n) is 17.2. The standard InChI is InChI=1S/C24H24N6O/c25-17-19-7-9-20(10-8-19)18-29-13-4-14-30(16-15-29)23-12-11-22(27-28-23)24(31)26-21-5-2-1-3-6-21/h1-3,5-12H,4,13-16,18H2,(H,26,31). The van der Waals surface area contributed by atoms with Gasteiger partial charge in [0.2, 0.25) is 0 Å². The Labute approximate surface area is 181 Å². The summed E-state index contributed by atoms with van der Waals surface area (Å²) in [6.45, 7) is 4.53. The molecule has 1 fully saturated rings. The average Bonchev–Trinajstić information content (AvgIpc) is 3.06. The molecule has 1 aliphatic heterocycles. The van der Waals surface area contributed by atoms with Crippen molar-refractivity contribution >= 4 is 17.4 Å². The molecule has 7 nitrogen and oxygen atoms in total. The highest BCUT2D eigenvalue weighted by Crippen LogP contribution is 2.16. The number of benzene rings is 2. The highest BCUT2D eigenvalue weighted by atomic mass is 16.1. The van der Waals surface area contributed by atoms with Crippen LogP contribution in [0.1, 0.15) is 28.0 Å². The quantitative estimate of drug-likeness (QED) is 0.692. The highest BCUT2D eigenvalue weighted by molar-refractivity contribution is 6.02. The van der Waals surface area contributed by atoms with Crippen LogP contribution in [0.2, 0.25) is 0 Å². The van der Waals surface area contributed by atoms with Gasteiger partial charge >= 0.3 is 0 Å². The van der Waals surface area contributed by atoms with Crippen molar-refractivity contribution in [1.82, 2.24) is 15.1 Å². The second-order valence-electron chi connectivity index (χ2n) is 7.52. The summed E-state index contributed by atoms with van der Waals surface area (Å²) in [6, 6.07) is 22.8. The first kappa shape index (κ1) is 20.5. The molecule has 3 aromatic rings. The highest BCUT2D eigenvalue weighted by Gasteiger charge is 2.17. The zero-order valence-corrected chi connectivity index (χ0v) is 17.2. The van der Waals surface area contributed by atoms with Gasteiger partial charge in [-0.15, -0.1) is 10.2 Å². The topological polar surface area (TPSA) is 85.2 Å². The van der Waals surface area contributed by atoms with E-state index in [4.69, 9.17) is 5.26 Å². The summed E-state index contributed by atoms with van der Waals surface area (Å²) in [7, 11) is 0. The van der Waals surface area contributed by atoms with Crippen molar-refractivity contribution in [2.45, 2.75) is 13.0 Å². The van der Waals surface area contributed by atoms with Crippen molar-refractivity contribution in [1.29, 1.82) is 5.26 Å². The number of aromatic nitrogens is 2. The molecule has 156 valence electrons. The first-order chi connectivity index (χ1) is 15.2. The molecule has 1 aliphatic rings. The number of amides is 1. The van der Waals surface area contributed by atoms with Gasteiger partial charge in [0.15, 0.2) is 11.5 Å². The van der Waals surface area contributed by atoms with E-state index in [1.807, 2.05) is 60.7 Å². The number of para-hydroxylation sites is 1. The molecule has 2 heterocycles. The van der Waals surface area contributed by atoms with E-state index in [0.29, 0.717) is 11.3 Å². The van der Waals surface area contributed by atoms with E-state index in [9.17, 15) is 4.79 Å². The Morgan fingerprint density at radius 2 is 1.74 bits per heavy atom. The lowest BCUT2D eigenvalue weighted by Gasteiger charge is -2.22. The average molecular weight is 412 g/mol. The predicted molar refractivity (Wildman–Crippen MR) is 120 cm³/mol. The number of nitrogens with zero attached hydrogens (tertiary/aromatic N) is 5. The molecule has 1 saturated heterocycles. The molecule has 1 amide bonds. The van der Waals surface area contributed by atoms with Crippen LogP contribution in [0.15, 0.2) is 66.7 Å². The number of nitrogens with one attached hydrogen (secondary N) is 1. The Hall–Kier alpha value is -3.76. The molecule has 0 unspecified atom stereocenters. The number of hydrogen-bond donors (Lipinski definition) is 1. The summed E-state index contributed by atoms with van der Waals surface area (Å²) in [5, 5.41) is 20.2. The molecule has 0 radical (unpaired) electrons. The Bertz CT molecular complexity index is 1040. The SMILES string of the molecule is N#Cc1ccc(CN2CCCN(c3ccc(C(=O)Nc4ccccc4)nn3)CC2)cc1. The molecular formula is C24H24N6O. The zero-order chi connectivity index (χ0) is 21.5.